The van der Waals surface area contributed by atoms with Crippen molar-refractivity contribution in [2.24, 2.45) is 12.8 Å². The van der Waals surface area contributed by atoms with E-state index in [1.54, 1.807) is 18.0 Å². The second kappa shape index (κ2) is 7.03. The third-order valence-corrected chi connectivity index (χ3v) is 2.57. The molecule has 1 unspecified atom stereocenters. The van der Waals surface area contributed by atoms with E-state index in [-0.39, 0.29) is 5.91 Å². The van der Waals surface area contributed by atoms with E-state index in [1.807, 2.05) is 13.1 Å². The molecular formula is C11H20N4O2. The zero-order chi connectivity index (χ0) is 12.7. The molecular weight excluding hydrogens is 220 g/mol. The van der Waals surface area contributed by atoms with Crippen LogP contribution in [-0.2, 0) is 23.1 Å². The van der Waals surface area contributed by atoms with E-state index >= 15 is 0 Å². The summed E-state index contributed by atoms with van der Waals surface area (Å²) in [5.41, 5.74) is 6.69. The number of nitrogens with zero attached hydrogens (tertiary/aromatic N) is 2. The molecule has 1 heterocycles. The Morgan fingerprint density at radius 3 is 3.06 bits per heavy atom. The summed E-state index contributed by atoms with van der Waals surface area (Å²) in [6.45, 7) is 1.08. The molecule has 0 aliphatic heterocycles. The van der Waals surface area contributed by atoms with Crippen LogP contribution in [0.3, 0.4) is 0 Å². The van der Waals surface area contributed by atoms with E-state index in [9.17, 15) is 4.79 Å². The second-order valence-corrected chi connectivity index (χ2v) is 3.91. The van der Waals surface area contributed by atoms with Gasteiger partial charge in [0.1, 0.15) is 0 Å². The van der Waals surface area contributed by atoms with Crippen molar-refractivity contribution in [1.29, 1.82) is 0 Å². The van der Waals surface area contributed by atoms with E-state index in [0.717, 1.165) is 12.1 Å². The smallest absolute Gasteiger partial charge is 0.237 e. The molecule has 1 amide bonds. The van der Waals surface area contributed by atoms with Gasteiger partial charge >= 0.3 is 0 Å². The zero-order valence-corrected chi connectivity index (χ0v) is 10.3. The average Bonchev–Trinajstić information content (AvgIpc) is 2.72. The van der Waals surface area contributed by atoms with Gasteiger partial charge in [0.15, 0.2) is 0 Å². The maximum absolute atomic E-state index is 11.6. The van der Waals surface area contributed by atoms with Crippen LogP contribution in [0, 0.1) is 0 Å². The Labute approximate surface area is 101 Å². The molecule has 17 heavy (non-hydrogen) atoms. The van der Waals surface area contributed by atoms with Crippen LogP contribution in [-0.4, -0.2) is 35.4 Å². The maximum Gasteiger partial charge on any atom is 0.237 e. The van der Waals surface area contributed by atoms with Crippen molar-refractivity contribution in [3.8, 4) is 0 Å². The number of rotatable bonds is 7. The highest BCUT2D eigenvalue weighted by atomic mass is 16.5. The molecule has 0 fully saturated rings. The number of aromatic nitrogens is 2. The highest BCUT2D eigenvalue weighted by molar-refractivity contribution is 5.81. The van der Waals surface area contributed by atoms with Crippen LogP contribution < -0.4 is 11.1 Å². The Bertz CT molecular complexity index is 351. The third kappa shape index (κ3) is 4.54. The van der Waals surface area contributed by atoms with Crippen molar-refractivity contribution in [2.75, 3.05) is 13.7 Å². The molecule has 0 radical (unpaired) electrons. The summed E-state index contributed by atoms with van der Waals surface area (Å²) in [6, 6.07) is 1.38. The molecule has 1 atom stereocenters. The fraction of sp³-hybridized carbons (Fsp3) is 0.636. The number of carbonyl (C=O) groups excluding carboxylic acids is 1. The van der Waals surface area contributed by atoms with Gasteiger partial charge in [-0.15, -0.1) is 0 Å². The number of hydrogen-bond acceptors (Lipinski definition) is 4. The van der Waals surface area contributed by atoms with Crippen molar-refractivity contribution in [2.45, 2.75) is 25.4 Å². The minimum atomic E-state index is -0.474. The van der Waals surface area contributed by atoms with Gasteiger partial charge in [-0.1, -0.05) is 0 Å². The lowest BCUT2D eigenvalue weighted by Gasteiger charge is -2.11. The molecule has 1 aromatic heterocycles. The Morgan fingerprint density at radius 1 is 1.71 bits per heavy atom. The highest BCUT2D eigenvalue weighted by Gasteiger charge is 2.12. The van der Waals surface area contributed by atoms with Crippen LogP contribution in [0.1, 0.15) is 18.5 Å². The van der Waals surface area contributed by atoms with Crippen LogP contribution in [0.4, 0.5) is 0 Å². The molecule has 0 spiro atoms. The summed E-state index contributed by atoms with van der Waals surface area (Å²) in [5.74, 6) is -0.137. The molecule has 0 saturated carbocycles. The predicted octanol–water partition coefficient (Wildman–Crippen LogP) is -0.210. The zero-order valence-electron chi connectivity index (χ0n) is 10.3. The van der Waals surface area contributed by atoms with Crippen molar-refractivity contribution < 1.29 is 9.53 Å². The van der Waals surface area contributed by atoms with Gasteiger partial charge in [0.05, 0.1) is 18.3 Å². The first kappa shape index (κ1) is 13.7. The summed E-state index contributed by atoms with van der Waals surface area (Å²) in [6.07, 6.45) is 3.11. The third-order valence-electron chi connectivity index (χ3n) is 2.57. The molecule has 0 aliphatic carbocycles. The number of nitrogens with one attached hydrogen (secondary N) is 1. The van der Waals surface area contributed by atoms with Gasteiger partial charge in [-0.2, -0.15) is 5.10 Å². The highest BCUT2D eigenvalue weighted by Crippen LogP contribution is 1.98. The summed E-state index contributed by atoms with van der Waals surface area (Å²) in [7, 11) is 3.47. The predicted molar refractivity (Wildman–Crippen MR) is 64.1 cm³/mol. The molecule has 0 saturated heterocycles. The monoisotopic (exact) mass is 240 g/mol. The van der Waals surface area contributed by atoms with Crippen LogP contribution in [0.25, 0.3) is 0 Å². The molecule has 0 bridgehead atoms. The Kier molecular flexibility index (Phi) is 5.65. The number of nitrogens with two attached hydrogens (primary N) is 1. The second-order valence-electron chi connectivity index (χ2n) is 3.91. The van der Waals surface area contributed by atoms with Gasteiger partial charge in [0, 0.05) is 27.0 Å². The van der Waals surface area contributed by atoms with Gasteiger partial charge in [0.2, 0.25) is 5.91 Å². The molecule has 1 rings (SSSR count). The largest absolute Gasteiger partial charge is 0.385 e. The Hall–Kier alpha value is -1.40. The van der Waals surface area contributed by atoms with Crippen molar-refractivity contribution in [3.05, 3.63) is 18.0 Å². The van der Waals surface area contributed by atoms with Gasteiger partial charge < -0.3 is 15.8 Å². The van der Waals surface area contributed by atoms with Crippen molar-refractivity contribution in [1.82, 2.24) is 15.1 Å². The Morgan fingerprint density at radius 2 is 2.47 bits per heavy atom. The van der Waals surface area contributed by atoms with Crippen LogP contribution in [0.2, 0.25) is 0 Å². The number of amides is 1. The van der Waals surface area contributed by atoms with Gasteiger partial charge in [0.25, 0.3) is 0 Å². The fourth-order valence-corrected chi connectivity index (χ4v) is 1.46. The first-order valence-electron chi connectivity index (χ1n) is 5.64. The van der Waals surface area contributed by atoms with Crippen LogP contribution >= 0.6 is 0 Å². The standard InChI is InChI=1S/C11H20N4O2/c1-15-9(5-6-14-15)8-13-11(16)10(12)4-3-7-17-2/h5-6,10H,3-4,7-8,12H2,1-2H3,(H,13,16). The van der Waals surface area contributed by atoms with E-state index in [4.69, 9.17) is 10.5 Å². The molecule has 3 N–H and O–H groups in total. The molecule has 6 heteroatoms. The number of ether oxygens (including phenoxy) is 1. The molecule has 0 aromatic carbocycles. The summed E-state index contributed by atoms with van der Waals surface area (Å²) in [5, 5.41) is 6.80. The minimum absolute atomic E-state index is 0.137. The van der Waals surface area contributed by atoms with Gasteiger partial charge in [-0.05, 0) is 18.9 Å². The van der Waals surface area contributed by atoms with Crippen LogP contribution in [0.5, 0.6) is 0 Å². The minimum Gasteiger partial charge on any atom is -0.385 e. The lowest BCUT2D eigenvalue weighted by molar-refractivity contribution is -0.122. The maximum atomic E-state index is 11.6. The average molecular weight is 240 g/mol. The van der Waals surface area contributed by atoms with Gasteiger partial charge in [-0.3, -0.25) is 9.48 Å². The molecule has 96 valence electrons. The van der Waals surface area contributed by atoms with Crippen molar-refractivity contribution >= 4 is 5.91 Å². The first-order valence-corrected chi connectivity index (χ1v) is 5.64. The van der Waals surface area contributed by atoms with E-state index < -0.39 is 6.04 Å². The fourth-order valence-electron chi connectivity index (χ4n) is 1.46. The lowest BCUT2D eigenvalue weighted by atomic mass is 10.1. The number of hydrogen-bond donors (Lipinski definition) is 2. The summed E-state index contributed by atoms with van der Waals surface area (Å²) in [4.78, 5) is 11.6. The molecule has 0 aliphatic rings. The number of carbonyl (C=O) groups is 1. The summed E-state index contributed by atoms with van der Waals surface area (Å²) < 4.78 is 6.63. The number of methoxy groups -OCH3 is 1. The quantitative estimate of drug-likeness (QED) is 0.646. The molecule has 1 aromatic rings. The van der Waals surface area contributed by atoms with E-state index in [1.165, 1.54) is 0 Å². The van der Waals surface area contributed by atoms with E-state index in [2.05, 4.69) is 10.4 Å². The van der Waals surface area contributed by atoms with Gasteiger partial charge in [-0.25, -0.2) is 0 Å². The first-order chi connectivity index (χ1) is 8.15. The van der Waals surface area contributed by atoms with Crippen LogP contribution in [0.15, 0.2) is 12.3 Å². The summed E-state index contributed by atoms with van der Waals surface area (Å²) >= 11 is 0. The normalized spacial score (nSPS) is 12.4. The van der Waals surface area contributed by atoms with Crippen molar-refractivity contribution in [3.63, 3.8) is 0 Å². The Balaban J connectivity index is 2.27. The topological polar surface area (TPSA) is 82.2 Å². The SMILES string of the molecule is COCCCC(N)C(=O)NCc1ccnn1C. The van der Waals surface area contributed by atoms with E-state index in [0.29, 0.717) is 19.6 Å². The molecule has 6 nitrogen and oxygen atoms in total. The lowest BCUT2D eigenvalue weighted by Crippen LogP contribution is -2.40. The number of aryl methyl sites for hydroxylation is 1.